The molecule has 3 heterocycles. The third kappa shape index (κ3) is 2.56. The molecule has 1 atom stereocenters. The van der Waals surface area contributed by atoms with Crippen LogP contribution in [0.15, 0.2) is 10.6 Å². The number of likely N-dealkylation sites (tertiary alicyclic amines) is 1. The minimum Gasteiger partial charge on any atom is -0.480 e. The van der Waals surface area contributed by atoms with Crippen molar-refractivity contribution < 1.29 is 19.2 Å². The van der Waals surface area contributed by atoms with Gasteiger partial charge in [0.1, 0.15) is 6.04 Å². The molecule has 0 aromatic carbocycles. The summed E-state index contributed by atoms with van der Waals surface area (Å²) in [4.78, 5) is 30.0. The zero-order valence-corrected chi connectivity index (χ0v) is 13.4. The molecule has 0 aliphatic carbocycles. The van der Waals surface area contributed by atoms with E-state index in [2.05, 4.69) is 10.1 Å². The first-order valence-electron chi connectivity index (χ1n) is 7.71. The maximum atomic E-state index is 13.0. The fourth-order valence-electron chi connectivity index (χ4n) is 3.08. The van der Waals surface area contributed by atoms with E-state index >= 15 is 0 Å². The van der Waals surface area contributed by atoms with Gasteiger partial charge in [0.05, 0.1) is 16.6 Å². The van der Waals surface area contributed by atoms with Gasteiger partial charge in [-0.25, -0.2) is 9.78 Å². The van der Waals surface area contributed by atoms with Crippen LogP contribution in [0.25, 0.3) is 11.1 Å². The Morgan fingerprint density at radius 3 is 2.83 bits per heavy atom. The second kappa shape index (κ2) is 5.64. The Kier molecular flexibility index (Phi) is 3.79. The third-order valence-corrected chi connectivity index (χ3v) is 4.18. The number of carboxylic acids is 1. The van der Waals surface area contributed by atoms with E-state index in [1.165, 1.54) is 4.90 Å². The molecule has 1 fully saturated rings. The number of fused-ring (bicyclic) bond motifs is 1. The minimum atomic E-state index is -0.965. The van der Waals surface area contributed by atoms with Gasteiger partial charge in [0, 0.05) is 12.2 Å². The second-order valence-electron chi connectivity index (χ2n) is 6.21. The molecule has 0 spiro atoms. The number of aryl methyl sites for hydroxylation is 1. The van der Waals surface area contributed by atoms with E-state index in [0.717, 1.165) is 0 Å². The van der Waals surface area contributed by atoms with Gasteiger partial charge in [0.2, 0.25) is 0 Å². The summed E-state index contributed by atoms with van der Waals surface area (Å²) >= 11 is 0. The molecule has 122 valence electrons. The Balaban J connectivity index is 2.13. The summed E-state index contributed by atoms with van der Waals surface area (Å²) in [5.41, 5.74) is 2.05. The lowest BCUT2D eigenvalue weighted by Crippen LogP contribution is -2.40. The first-order chi connectivity index (χ1) is 10.9. The van der Waals surface area contributed by atoms with E-state index in [1.54, 1.807) is 13.0 Å². The van der Waals surface area contributed by atoms with Crippen LogP contribution in [0.3, 0.4) is 0 Å². The van der Waals surface area contributed by atoms with Crippen LogP contribution < -0.4 is 0 Å². The van der Waals surface area contributed by atoms with E-state index < -0.39 is 12.0 Å². The SMILES string of the molecule is Cc1cc(C(=O)N2CCCC2C(=O)O)c2c(C(C)C)noc2n1. The van der Waals surface area contributed by atoms with Crippen LogP contribution in [-0.2, 0) is 4.79 Å². The molecule has 1 saturated heterocycles. The fourth-order valence-corrected chi connectivity index (χ4v) is 3.08. The lowest BCUT2D eigenvalue weighted by Gasteiger charge is -2.22. The second-order valence-corrected chi connectivity index (χ2v) is 6.21. The van der Waals surface area contributed by atoms with Gasteiger partial charge in [-0.3, -0.25) is 4.79 Å². The van der Waals surface area contributed by atoms with Gasteiger partial charge in [-0.15, -0.1) is 0 Å². The predicted molar refractivity (Wildman–Crippen MR) is 82.3 cm³/mol. The normalized spacial score (nSPS) is 18.1. The molecule has 7 heteroatoms. The molecule has 2 aromatic rings. The average molecular weight is 317 g/mol. The molecule has 0 bridgehead atoms. The van der Waals surface area contributed by atoms with Gasteiger partial charge in [-0.2, -0.15) is 0 Å². The van der Waals surface area contributed by atoms with Crippen LogP contribution in [0.1, 0.15) is 54.4 Å². The van der Waals surface area contributed by atoms with E-state index in [-0.39, 0.29) is 11.8 Å². The maximum Gasteiger partial charge on any atom is 0.326 e. The molecule has 0 radical (unpaired) electrons. The van der Waals surface area contributed by atoms with E-state index in [9.17, 15) is 14.7 Å². The largest absolute Gasteiger partial charge is 0.480 e. The highest BCUT2D eigenvalue weighted by molar-refractivity contribution is 6.07. The molecule has 1 N–H and O–H groups in total. The number of aromatic nitrogens is 2. The summed E-state index contributed by atoms with van der Waals surface area (Å²) in [6.07, 6.45) is 1.17. The predicted octanol–water partition coefficient (Wildman–Crippen LogP) is 2.34. The number of hydrogen-bond donors (Lipinski definition) is 1. The first-order valence-corrected chi connectivity index (χ1v) is 7.71. The number of carbonyl (C=O) groups excluding carboxylic acids is 1. The fraction of sp³-hybridized carbons (Fsp3) is 0.500. The van der Waals surface area contributed by atoms with Crippen molar-refractivity contribution in [3.8, 4) is 0 Å². The van der Waals surface area contributed by atoms with Gasteiger partial charge in [-0.05, 0) is 31.7 Å². The number of amides is 1. The lowest BCUT2D eigenvalue weighted by molar-refractivity contribution is -0.141. The Morgan fingerprint density at radius 1 is 1.43 bits per heavy atom. The van der Waals surface area contributed by atoms with Crippen molar-refractivity contribution in [1.29, 1.82) is 0 Å². The molecule has 1 aliphatic heterocycles. The molecule has 0 saturated carbocycles. The highest BCUT2D eigenvalue weighted by Gasteiger charge is 2.36. The van der Waals surface area contributed by atoms with Crippen molar-refractivity contribution in [3.05, 3.63) is 23.0 Å². The monoisotopic (exact) mass is 317 g/mol. The lowest BCUT2D eigenvalue weighted by atomic mass is 10.0. The summed E-state index contributed by atoms with van der Waals surface area (Å²) in [5, 5.41) is 13.9. The number of carbonyl (C=O) groups is 2. The third-order valence-electron chi connectivity index (χ3n) is 4.18. The van der Waals surface area contributed by atoms with Crippen molar-refractivity contribution in [2.24, 2.45) is 0 Å². The van der Waals surface area contributed by atoms with Crippen LogP contribution in [0.4, 0.5) is 0 Å². The molecule has 1 aliphatic rings. The molecule has 2 aromatic heterocycles. The van der Waals surface area contributed by atoms with Crippen molar-refractivity contribution in [2.45, 2.75) is 45.6 Å². The van der Waals surface area contributed by atoms with E-state index in [1.807, 2.05) is 13.8 Å². The number of hydrogen-bond acceptors (Lipinski definition) is 5. The summed E-state index contributed by atoms with van der Waals surface area (Å²) in [5.74, 6) is -1.19. The van der Waals surface area contributed by atoms with Crippen LogP contribution >= 0.6 is 0 Å². The zero-order valence-electron chi connectivity index (χ0n) is 13.4. The number of rotatable bonds is 3. The van der Waals surface area contributed by atoms with Gasteiger partial charge in [0.25, 0.3) is 11.6 Å². The van der Waals surface area contributed by atoms with Gasteiger partial charge in [-0.1, -0.05) is 19.0 Å². The van der Waals surface area contributed by atoms with Crippen LogP contribution in [-0.4, -0.2) is 44.6 Å². The molecule has 7 nitrogen and oxygen atoms in total. The van der Waals surface area contributed by atoms with Crippen LogP contribution in [0.2, 0.25) is 0 Å². The molecule has 1 unspecified atom stereocenters. The van der Waals surface area contributed by atoms with E-state index in [4.69, 9.17) is 4.52 Å². The Hall–Kier alpha value is -2.44. The van der Waals surface area contributed by atoms with Gasteiger partial charge >= 0.3 is 5.97 Å². The molecular weight excluding hydrogens is 298 g/mol. The quantitative estimate of drug-likeness (QED) is 0.933. The summed E-state index contributed by atoms with van der Waals surface area (Å²) in [6, 6.07) is 0.915. The van der Waals surface area contributed by atoms with Gasteiger partial charge < -0.3 is 14.5 Å². The highest BCUT2D eigenvalue weighted by atomic mass is 16.5. The summed E-state index contributed by atoms with van der Waals surface area (Å²) < 4.78 is 5.27. The van der Waals surface area contributed by atoms with Crippen LogP contribution in [0.5, 0.6) is 0 Å². The van der Waals surface area contributed by atoms with Crippen molar-refractivity contribution in [1.82, 2.24) is 15.0 Å². The average Bonchev–Trinajstić information content (AvgIpc) is 3.11. The first kappa shape index (κ1) is 15.5. The molecule has 23 heavy (non-hydrogen) atoms. The van der Waals surface area contributed by atoms with Crippen molar-refractivity contribution >= 4 is 23.0 Å². The minimum absolute atomic E-state index is 0.0705. The Morgan fingerprint density at radius 2 is 2.17 bits per heavy atom. The number of carboxylic acid groups (broad SMARTS) is 1. The van der Waals surface area contributed by atoms with Crippen LogP contribution in [0, 0.1) is 6.92 Å². The molecular formula is C16H19N3O4. The van der Waals surface area contributed by atoms with Crippen molar-refractivity contribution in [3.63, 3.8) is 0 Å². The topological polar surface area (TPSA) is 96.5 Å². The number of aliphatic carboxylic acids is 1. The maximum absolute atomic E-state index is 13.0. The highest BCUT2D eigenvalue weighted by Crippen LogP contribution is 2.30. The van der Waals surface area contributed by atoms with Gasteiger partial charge in [0.15, 0.2) is 0 Å². The van der Waals surface area contributed by atoms with E-state index in [0.29, 0.717) is 47.4 Å². The Bertz CT molecular complexity index is 781. The molecule has 1 amide bonds. The smallest absolute Gasteiger partial charge is 0.326 e. The summed E-state index contributed by atoms with van der Waals surface area (Å²) in [7, 11) is 0. The zero-order chi connectivity index (χ0) is 16.7. The Labute approximate surface area is 133 Å². The number of nitrogens with zero attached hydrogens (tertiary/aromatic N) is 3. The standard InChI is InChI=1S/C16H19N3O4/c1-8(2)13-12-10(7-9(3)17-14(12)23-18-13)15(20)19-6-4-5-11(19)16(21)22/h7-8,11H,4-6H2,1-3H3,(H,21,22). The van der Waals surface area contributed by atoms with Crippen molar-refractivity contribution in [2.75, 3.05) is 6.54 Å². The molecule has 3 rings (SSSR count). The summed E-state index contributed by atoms with van der Waals surface area (Å²) in [6.45, 7) is 6.13. The number of pyridine rings is 1.